The molecule has 6 aromatic rings. The summed E-state index contributed by atoms with van der Waals surface area (Å²) in [6, 6.07) is 46.0. The first-order chi connectivity index (χ1) is 37.1. The largest absolute Gasteiger partial charge is 0.511 e. The van der Waals surface area contributed by atoms with E-state index in [-0.39, 0.29) is 50.9 Å². The molecule has 0 unspecified atom stereocenters. The maximum atomic E-state index is 14.0. The van der Waals surface area contributed by atoms with Gasteiger partial charge in [0, 0.05) is 82.5 Å². The number of rotatable bonds is 14. The van der Waals surface area contributed by atoms with Crippen molar-refractivity contribution in [1.29, 1.82) is 0 Å². The number of nitrogens with one attached hydrogen (secondary N) is 2. The average molecular weight is 1200 g/mol. The zero-order chi connectivity index (χ0) is 57.6. The minimum Gasteiger partial charge on any atom is -0.305 e. The van der Waals surface area contributed by atoms with E-state index in [2.05, 4.69) is 0 Å². The SMILES string of the molecule is CP1(=O)N(c2ccc(F)cc2)CCN1c1ccc(F)cc1.C[C@@H](c1ccccc1)N1CCN([C@@H](C)c2ccccc2)P1(=O)NS(=O)(=O)C(F)(F)F.O=P1(NS(=O)(=O)C(F)(F)F)N(Cc2ccccc2)CCN1Cc1ccccc1. The summed E-state index contributed by atoms with van der Waals surface area (Å²) in [4.78, 5) is 0. The van der Waals surface area contributed by atoms with E-state index in [0.29, 0.717) is 13.1 Å². The van der Waals surface area contributed by atoms with Crippen LogP contribution in [0.3, 0.4) is 0 Å². The highest BCUT2D eigenvalue weighted by Crippen LogP contribution is 2.62. The van der Waals surface area contributed by atoms with Crippen molar-refractivity contribution in [2.75, 3.05) is 55.3 Å². The molecule has 0 aliphatic carbocycles. The van der Waals surface area contributed by atoms with Crippen molar-refractivity contribution in [2.45, 2.75) is 50.0 Å². The van der Waals surface area contributed by atoms with Gasteiger partial charge in [0.05, 0.1) is 0 Å². The van der Waals surface area contributed by atoms with Crippen LogP contribution in [0.25, 0.3) is 0 Å². The van der Waals surface area contributed by atoms with Gasteiger partial charge in [-0.3, -0.25) is 13.7 Å². The van der Waals surface area contributed by atoms with Gasteiger partial charge in [0.25, 0.3) is 22.6 Å². The van der Waals surface area contributed by atoms with Crippen molar-refractivity contribution < 1.29 is 65.7 Å². The molecule has 2 atom stereocenters. The maximum absolute atomic E-state index is 14.0. The molecular weight excluding hydrogens is 1150 g/mol. The van der Waals surface area contributed by atoms with E-state index in [1.807, 2.05) is 0 Å². The lowest BCUT2D eigenvalue weighted by Gasteiger charge is -2.36. The Bertz CT molecular complexity index is 3200. The minimum atomic E-state index is -5.83. The van der Waals surface area contributed by atoms with Crippen molar-refractivity contribution in [3.05, 3.63) is 204 Å². The van der Waals surface area contributed by atoms with Crippen LogP contribution < -0.4 is 18.3 Å². The van der Waals surface area contributed by atoms with E-state index in [4.69, 9.17) is 0 Å². The molecule has 0 saturated carbocycles. The van der Waals surface area contributed by atoms with Gasteiger partial charge >= 0.3 is 31.1 Å². The topological polar surface area (TPSA) is 163 Å². The van der Waals surface area contributed by atoms with Crippen molar-refractivity contribution in [3.63, 3.8) is 0 Å². The summed E-state index contributed by atoms with van der Waals surface area (Å²) < 4.78 is 204. The molecule has 0 bridgehead atoms. The summed E-state index contributed by atoms with van der Waals surface area (Å²) in [5.41, 5.74) is -6.79. The number of anilines is 2. The van der Waals surface area contributed by atoms with E-state index in [1.165, 1.54) is 51.9 Å². The Kier molecular flexibility index (Phi) is 19.3. The van der Waals surface area contributed by atoms with Gasteiger partial charge in [0.1, 0.15) is 11.6 Å². The summed E-state index contributed by atoms with van der Waals surface area (Å²) >= 11 is 0. The van der Waals surface area contributed by atoms with Crippen LogP contribution >= 0.6 is 22.6 Å². The molecule has 0 radical (unpaired) electrons. The molecule has 6 aromatic carbocycles. The Morgan fingerprint density at radius 3 is 1.08 bits per heavy atom. The van der Waals surface area contributed by atoms with Gasteiger partial charge in [-0.15, -0.1) is 8.99 Å². The number of hydrogen-bond donors (Lipinski definition) is 2. The van der Waals surface area contributed by atoms with Gasteiger partial charge in [0.15, 0.2) is 0 Å². The highest BCUT2D eigenvalue weighted by Gasteiger charge is 2.57. The lowest BCUT2D eigenvalue weighted by atomic mass is 10.1. The summed E-state index contributed by atoms with van der Waals surface area (Å²) in [6.45, 7) is 6.96. The molecule has 3 heterocycles. The second-order valence-corrected chi connectivity index (χ2v) is 29.8. The molecule has 3 fully saturated rings. The third-order valence-electron chi connectivity index (χ3n) is 13.3. The van der Waals surface area contributed by atoms with Gasteiger partial charge in [-0.05, 0) is 84.6 Å². The number of benzene rings is 6. The number of hydrogen-bond acceptors (Lipinski definition) is 7. The Morgan fingerprint density at radius 2 is 0.759 bits per heavy atom. The smallest absolute Gasteiger partial charge is 0.305 e. The number of nitrogens with zero attached hydrogens (tertiary/aromatic N) is 6. The molecule has 3 aliphatic rings. The van der Waals surface area contributed by atoms with Crippen molar-refractivity contribution in [3.8, 4) is 0 Å². The lowest BCUT2D eigenvalue weighted by molar-refractivity contribution is -0.0448. The first-order valence-electron chi connectivity index (χ1n) is 24.4. The molecule has 0 aromatic heterocycles. The predicted molar refractivity (Wildman–Crippen MR) is 289 cm³/mol. The Balaban J connectivity index is 0.000000174. The Labute approximate surface area is 454 Å². The van der Waals surface area contributed by atoms with Crippen LogP contribution in [0, 0.1) is 11.6 Å². The molecule has 426 valence electrons. The van der Waals surface area contributed by atoms with Crippen LogP contribution in [0.1, 0.15) is 48.2 Å². The summed E-state index contributed by atoms with van der Waals surface area (Å²) in [6.07, 6.45) is 0. The molecule has 3 saturated heterocycles. The van der Waals surface area contributed by atoms with Crippen molar-refractivity contribution >= 4 is 54.1 Å². The van der Waals surface area contributed by atoms with E-state index >= 15 is 0 Å². The fourth-order valence-electron chi connectivity index (χ4n) is 9.15. The first-order valence-corrected chi connectivity index (χ1v) is 32.6. The predicted octanol–water partition coefficient (Wildman–Crippen LogP) is 12.3. The standard InChI is InChI=1S/C19H23F3N3O3PS.C17H19F3N3O3PS.C15H15F2N2OP/c1-15(17-9-5-3-6-10-17)24-13-14-25(16(2)18-11-7-4-8-12-18)29(24,26)23-30(27,28)19(20,21)22;18-17(19,20)28(25,26)21-27(24)22(13-15-7-3-1-4-8-15)11-12-23(27)14-16-9-5-2-6-10-16;1-21(20)18(14-6-2-12(16)3-7-14)10-11-19(21)15-8-4-13(17)5-9-15/h3-12,15-16H,13-14H2,1-2H3,(H,23,26);1-10H,11-14H2,(H,21,24);2-9H,10-11H2,1H3/t15-,16-;;/m0../s1. The van der Waals surface area contributed by atoms with E-state index in [1.54, 1.807) is 175 Å². The van der Waals surface area contributed by atoms with E-state index in [9.17, 15) is 65.7 Å². The molecule has 2 N–H and O–H groups in total. The molecule has 15 nitrogen and oxygen atoms in total. The lowest BCUT2D eigenvalue weighted by Crippen LogP contribution is -2.41. The average Bonchev–Trinajstić information content (AvgIpc) is 4.26. The summed E-state index contributed by atoms with van der Waals surface area (Å²) in [5.74, 6) is -0.640. The minimum absolute atomic E-state index is 0.0593. The van der Waals surface area contributed by atoms with Gasteiger partial charge in [-0.2, -0.15) is 26.3 Å². The number of sulfonamides is 2. The third-order valence-corrected chi connectivity index (χ3v) is 25.7. The fraction of sp³-hybridized carbons (Fsp3) is 0.294. The van der Waals surface area contributed by atoms with E-state index in [0.717, 1.165) is 33.6 Å². The molecule has 3 aliphatic heterocycles. The molecule has 28 heteroatoms. The maximum Gasteiger partial charge on any atom is 0.511 e. The van der Waals surface area contributed by atoms with Crippen LogP contribution in [-0.2, 0) is 46.8 Å². The summed E-state index contributed by atoms with van der Waals surface area (Å²) in [7, 11) is -23.0. The molecule has 79 heavy (non-hydrogen) atoms. The molecular formula is C51H57F8N8O7P3S2. The second-order valence-electron chi connectivity index (χ2n) is 18.5. The molecule has 0 spiro atoms. The van der Waals surface area contributed by atoms with Gasteiger partial charge < -0.3 is 9.34 Å². The Hall–Kier alpha value is -5.29. The van der Waals surface area contributed by atoms with Crippen molar-refractivity contribution in [1.82, 2.24) is 27.7 Å². The Morgan fingerprint density at radius 1 is 0.456 bits per heavy atom. The zero-order valence-electron chi connectivity index (χ0n) is 42.7. The van der Waals surface area contributed by atoms with Gasteiger partial charge in [-0.25, -0.2) is 44.3 Å². The highest BCUT2D eigenvalue weighted by molar-refractivity contribution is 7.96. The van der Waals surface area contributed by atoms with Crippen molar-refractivity contribution in [2.24, 2.45) is 0 Å². The van der Waals surface area contributed by atoms with Gasteiger partial charge in [0.2, 0.25) is 0 Å². The first kappa shape index (κ1) is 61.3. The number of alkyl halides is 6. The van der Waals surface area contributed by atoms with Crippen LogP contribution in [0.5, 0.6) is 0 Å². The number of halogens is 8. The third kappa shape index (κ3) is 14.3. The van der Waals surface area contributed by atoms with Crippen LogP contribution in [0.4, 0.5) is 46.5 Å². The molecule has 9 rings (SSSR count). The normalized spacial score (nSPS) is 18.8. The van der Waals surface area contributed by atoms with Crippen LogP contribution in [0.15, 0.2) is 170 Å². The van der Waals surface area contributed by atoms with E-state index < -0.39 is 65.8 Å². The second kappa shape index (κ2) is 24.8. The summed E-state index contributed by atoms with van der Waals surface area (Å²) in [5, 5.41) is 0. The van der Waals surface area contributed by atoms with Gasteiger partial charge in [-0.1, -0.05) is 121 Å². The van der Waals surface area contributed by atoms with Crippen LogP contribution in [-0.4, -0.2) is 92.5 Å². The quantitative estimate of drug-likeness (QED) is 0.0783. The zero-order valence-corrected chi connectivity index (χ0v) is 47.0. The fourth-order valence-corrected chi connectivity index (χ4v) is 20.6. The van der Waals surface area contributed by atoms with Crippen LogP contribution in [0.2, 0.25) is 0 Å². The monoisotopic (exact) mass is 1200 g/mol. The highest BCUT2D eigenvalue weighted by atomic mass is 32.2. The molecule has 0 amide bonds.